The van der Waals surface area contributed by atoms with E-state index in [2.05, 4.69) is 25.0 Å². The summed E-state index contributed by atoms with van der Waals surface area (Å²) in [5, 5.41) is 2.50. The molecular weight excluding hydrogens is 337 g/mol. The van der Waals surface area contributed by atoms with E-state index >= 15 is 0 Å². The van der Waals surface area contributed by atoms with E-state index in [0.717, 1.165) is 5.56 Å². The molecule has 3 N–H and O–H groups in total. The van der Waals surface area contributed by atoms with Gasteiger partial charge in [0.1, 0.15) is 11.6 Å². The molecule has 0 aliphatic rings. The summed E-state index contributed by atoms with van der Waals surface area (Å²) in [5.41, 5.74) is 8.37. The van der Waals surface area contributed by atoms with Gasteiger partial charge in [0.2, 0.25) is 0 Å². The molecular formula is C18H16FN5O2. The van der Waals surface area contributed by atoms with E-state index < -0.39 is 11.9 Å². The molecule has 0 atom stereocenters. The van der Waals surface area contributed by atoms with Crippen LogP contribution in [0.5, 0.6) is 0 Å². The predicted octanol–water partition coefficient (Wildman–Crippen LogP) is 3.41. The summed E-state index contributed by atoms with van der Waals surface area (Å²) in [7, 11) is 1.27. The lowest BCUT2D eigenvalue weighted by molar-refractivity contribution is 0.187. The van der Waals surface area contributed by atoms with Gasteiger partial charge in [-0.2, -0.15) is 0 Å². The number of nitrogens with zero attached hydrogens (tertiary/aromatic N) is 3. The molecule has 0 radical (unpaired) electrons. The van der Waals surface area contributed by atoms with E-state index in [1.54, 1.807) is 37.5 Å². The Morgan fingerprint density at radius 1 is 1.19 bits per heavy atom. The normalized spacial score (nSPS) is 10.4. The van der Waals surface area contributed by atoms with Gasteiger partial charge in [-0.15, -0.1) is 0 Å². The number of methoxy groups -OCH3 is 1. The molecule has 3 rings (SSSR count). The maximum atomic E-state index is 13.6. The number of amides is 1. The third-order valence-corrected chi connectivity index (χ3v) is 3.71. The summed E-state index contributed by atoms with van der Waals surface area (Å²) in [6.45, 7) is 1.76. The van der Waals surface area contributed by atoms with E-state index in [9.17, 15) is 9.18 Å². The minimum atomic E-state index is -0.615. The van der Waals surface area contributed by atoms with E-state index in [4.69, 9.17) is 5.73 Å². The van der Waals surface area contributed by atoms with E-state index in [-0.39, 0.29) is 5.69 Å². The number of halogens is 1. The molecule has 3 aromatic rings. The Morgan fingerprint density at radius 3 is 2.73 bits per heavy atom. The maximum absolute atomic E-state index is 13.6. The minimum absolute atomic E-state index is 0.0353. The molecule has 1 amide bonds. The molecule has 7 nitrogen and oxygen atoms in total. The van der Waals surface area contributed by atoms with Gasteiger partial charge >= 0.3 is 6.09 Å². The van der Waals surface area contributed by atoms with Crippen molar-refractivity contribution in [1.82, 2.24) is 15.0 Å². The summed E-state index contributed by atoms with van der Waals surface area (Å²) in [5.74, 6) is 0.276. The Kier molecular flexibility index (Phi) is 4.74. The lowest BCUT2D eigenvalue weighted by Gasteiger charge is -2.09. The first kappa shape index (κ1) is 17.3. The van der Waals surface area contributed by atoms with Crippen molar-refractivity contribution in [1.29, 1.82) is 0 Å². The summed E-state index contributed by atoms with van der Waals surface area (Å²) in [6, 6.07) is 8.00. The largest absolute Gasteiger partial charge is 0.453 e. The smallest absolute Gasteiger partial charge is 0.412 e. The Labute approximate surface area is 149 Å². The SMILES string of the molecule is COC(=O)Nc1cc(-c2ccnc(-c3cc(N)c(F)cc3C)n2)ccn1. The zero-order valence-electron chi connectivity index (χ0n) is 14.2. The summed E-state index contributed by atoms with van der Waals surface area (Å²) < 4.78 is 18.1. The second kappa shape index (κ2) is 7.14. The molecule has 0 spiro atoms. The number of nitrogen functional groups attached to an aromatic ring is 1. The number of carbonyl (C=O) groups is 1. The number of nitrogens with two attached hydrogens (primary N) is 1. The predicted molar refractivity (Wildman–Crippen MR) is 95.8 cm³/mol. The van der Waals surface area contributed by atoms with Gasteiger partial charge in [0.05, 0.1) is 18.5 Å². The fourth-order valence-corrected chi connectivity index (χ4v) is 2.39. The fourth-order valence-electron chi connectivity index (χ4n) is 2.39. The molecule has 8 heteroatoms. The second-order valence-electron chi connectivity index (χ2n) is 5.50. The molecule has 0 aliphatic heterocycles. The van der Waals surface area contributed by atoms with Crippen molar-refractivity contribution in [3.63, 3.8) is 0 Å². The zero-order chi connectivity index (χ0) is 18.7. The van der Waals surface area contributed by atoms with Gasteiger partial charge in [-0.3, -0.25) is 5.32 Å². The molecule has 26 heavy (non-hydrogen) atoms. The van der Waals surface area contributed by atoms with Crippen LogP contribution in [0.15, 0.2) is 42.7 Å². The first-order chi connectivity index (χ1) is 12.5. The molecule has 2 heterocycles. The highest BCUT2D eigenvalue weighted by atomic mass is 19.1. The van der Waals surface area contributed by atoms with Gasteiger partial charge in [-0.05, 0) is 42.8 Å². The van der Waals surface area contributed by atoms with Crippen molar-refractivity contribution >= 4 is 17.6 Å². The van der Waals surface area contributed by atoms with E-state index in [0.29, 0.717) is 28.5 Å². The van der Waals surface area contributed by atoms with Gasteiger partial charge in [-0.1, -0.05) is 0 Å². The molecule has 2 aromatic heterocycles. The van der Waals surface area contributed by atoms with Crippen molar-refractivity contribution in [2.45, 2.75) is 6.92 Å². The highest BCUT2D eigenvalue weighted by Crippen LogP contribution is 2.27. The fraction of sp³-hybridized carbons (Fsp3) is 0.111. The van der Waals surface area contributed by atoms with Crippen LogP contribution in [0.1, 0.15) is 5.56 Å². The van der Waals surface area contributed by atoms with Crippen molar-refractivity contribution in [2.75, 3.05) is 18.2 Å². The topological polar surface area (TPSA) is 103 Å². The minimum Gasteiger partial charge on any atom is -0.453 e. The quantitative estimate of drug-likeness (QED) is 0.700. The molecule has 1 aromatic carbocycles. The molecule has 0 aliphatic carbocycles. The van der Waals surface area contributed by atoms with Crippen LogP contribution in [0.25, 0.3) is 22.6 Å². The average molecular weight is 353 g/mol. The molecule has 132 valence electrons. The highest BCUT2D eigenvalue weighted by molar-refractivity contribution is 5.84. The molecule has 0 bridgehead atoms. The number of anilines is 2. The van der Waals surface area contributed by atoms with Crippen molar-refractivity contribution < 1.29 is 13.9 Å². The molecule has 0 fully saturated rings. The van der Waals surface area contributed by atoms with Gasteiger partial charge in [0.15, 0.2) is 5.82 Å². The van der Waals surface area contributed by atoms with Crippen LogP contribution in [0.4, 0.5) is 20.7 Å². The van der Waals surface area contributed by atoms with Crippen molar-refractivity contribution in [2.24, 2.45) is 0 Å². The molecule has 0 saturated heterocycles. The number of hydrogen-bond acceptors (Lipinski definition) is 6. The van der Waals surface area contributed by atoms with Crippen LogP contribution in [0, 0.1) is 12.7 Å². The van der Waals surface area contributed by atoms with Gasteiger partial charge in [0, 0.05) is 23.5 Å². The Bertz CT molecular complexity index is 978. The number of rotatable bonds is 3. The van der Waals surface area contributed by atoms with Gasteiger partial charge in [0.25, 0.3) is 0 Å². The van der Waals surface area contributed by atoms with Crippen LogP contribution < -0.4 is 11.1 Å². The van der Waals surface area contributed by atoms with E-state index in [1.165, 1.54) is 19.2 Å². The molecule has 0 unspecified atom stereocenters. The number of benzene rings is 1. The maximum Gasteiger partial charge on any atom is 0.412 e. The standard InChI is InChI=1S/C18H16FN5O2/c1-10-7-13(19)14(20)9-12(10)17-22-6-4-15(23-17)11-3-5-21-16(8-11)24-18(25)26-2/h3-9H,20H2,1-2H3,(H,21,24,25). The third-order valence-electron chi connectivity index (χ3n) is 3.71. The Morgan fingerprint density at radius 2 is 1.96 bits per heavy atom. The number of hydrogen-bond donors (Lipinski definition) is 2. The Hall–Kier alpha value is -3.55. The molecule has 0 saturated carbocycles. The number of aromatic nitrogens is 3. The second-order valence-corrected chi connectivity index (χ2v) is 5.50. The summed E-state index contributed by atoms with van der Waals surface area (Å²) in [6.07, 6.45) is 2.53. The summed E-state index contributed by atoms with van der Waals surface area (Å²) in [4.78, 5) is 24.2. The number of ether oxygens (including phenoxy) is 1. The number of carbonyl (C=O) groups excluding carboxylic acids is 1. The lowest BCUT2D eigenvalue weighted by Crippen LogP contribution is -2.12. The first-order valence-electron chi connectivity index (χ1n) is 7.68. The lowest BCUT2D eigenvalue weighted by atomic mass is 10.1. The summed E-state index contributed by atoms with van der Waals surface area (Å²) >= 11 is 0. The van der Waals surface area contributed by atoms with Crippen LogP contribution in [-0.4, -0.2) is 28.2 Å². The van der Waals surface area contributed by atoms with Crippen LogP contribution >= 0.6 is 0 Å². The Balaban J connectivity index is 1.99. The number of pyridine rings is 1. The van der Waals surface area contributed by atoms with Crippen LogP contribution in [0.2, 0.25) is 0 Å². The van der Waals surface area contributed by atoms with Crippen molar-refractivity contribution in [3.8, 4) is 22.6 Å². The van der Waals surface area contributed by atoms with Crippen LogP contribution in [0.3, 0.4) is 0 Å². The van der Waals surface area contributed by atoms with Crippen LogP contribution in [-0.2, 0) is 4.74 Å². The highest BCUT2D eigenvalue weighted by Gasteiger charge is 2.11. The van der Waals surface area contributed by atoms with Crippen molar-refractivity contribution in [3.05, 3.63) is 54.1 Å². The average Bonchev–Trinajstić information content (AvgIpc) is 2.65. The van der Waals surface area contributed by atoms with Gasteiger partial charge in [-0.25, -0.2) is 24.1 Å². The first-order valence-corrected chi connectivity index (χ1v) is 7.68. The third kappa shape index (κ3) is 3.59. The monoisotopic (exact) mass is 353 g/mol. The zero-order valence-corrected chi connectivity index (χ0v) is 14.2. The van der Waals surface area contributed by atoms with E-state index in [1.807, 2.05) is 0 Å². The number of nitrogens with one attached hydrogen (secondary N) is 1. The van der Waals surface area contributed by atoms with Gasteiger partial charge < -0.3 is 10.5 Å². The number of aryl methyl sites for hydroxylation is 1.